The molecule has 0 radical (unpaired) electrons. The zero-order valence-electron chi connectivity index (χ0n) is 11.8. The van der Waals surface area contributed by atoms with Gasteiger partial charge in [0.1, 0.15) is 0 Å². The second-order valence-electron chi connectivity index (χ2n) is 5.51. The van der Waals surface area contributed by atoms with Gasteiger partial charge in [-0.15, -0.1) is 0 Å². The third-order valence-corrected chi connectivity index (χ3v) is 4.11. The number of imidazole rings is 1. The van der Waals surface area contributed by atoms with Crippen molar-refractivity contribution < 1.29 is 0 Å². The van der Waals surface area contributed by atoms with E-state index in [0.717, 1.165) is 0 Å². The van der Waals surface area contributed by atoms with Crippen LogP contribution in [0.25, 0.3) is 0 Å². The van der Waals surface area contributed by atoms with Gasteiger partial charge in [-0.05, 0) is 39.7 Å². The third kappa shape index (κ3) is 2.45. The van der Waals surface area contributed by atoms with Gasteiger partial charge >= 0.3 is 0 Å². The Morgan fingerprint density at radius 2 is 2.28 bits per heavy atom. The van der Waals surface area contributed by atoms with E-state index in [1.807, 2.05) is 12.5 Å². The number of nitrogens with two attached hydrogens (primary N) is 1. The maximum atomic E-state index is 6.05. The zero-order chi connectivity index (χ0) is 13.1. The van der Waals surface area contributed by atoms with Crippen LogP contribution in [-0.2, 0) is 0 Å². The molecule has 4 heteroatoms. The summed E-state index contributed by atoms with van der Waals surface area (Å²) >= 11 is 0. The Hall–Kier alpha value is -0.870. The van der Waals surface area contributed by atoms with Gasteiger partial charge in [0.25, 0.3) is 0 Å². The van der Waals surface area contributed by atoms with Gasteiger partial charge in [-0.1, -0.05) is 6.92 Å². The number of hydrogen-bond donors (Lipinski definition) is 1. The van der Waals surface area contributed by atoms with Crippen molar-refractivity contribution in [3.8, 4) is 0 Å². The summed E-state index contributed by atoms with van der Waals surface area (Å²) in [5, 5.41) is 0. The molecule has 2 atom stereocenters. The fourth-order valence-corrected chi connectivity index (χ4v) is 3.14. The van der Waals surface area contributed by atoms with E-state index in [4.69, 9.17) is 5.73 Å². The van der Waals surface area contributed by atoms with Crippen molar-refractivity contribution in [1.82, 2.24) is 14.5 Å². The highest BCUT2D eigenvalue weighted by atomic mass is 15.2. The standard InChI is InChI=1S/C14H26N4/c1-4-12-6-5-7-17(12)13(8-15)14-9-16-10-18(14)11(2)3/h9-13H,4-8,15H2,1-3H3. The Bertz CT molecular complexity index is 372. The first-order valence-corrected chi connectivity index (χ1v) is 7.16. The molecule has 2 rings (SSSR count). The molecule has 1 aliphatic rings. The van der Waals surface area contributed by atoms with Crippen LogP contribution in [0.2, 0.25) is 0 Å². The van der Waals surface area contributed by atoms with Crippen molar-refractivity contribution in [2.75, 3.05) is 13.1 Å². The first-order chi connectivity index (χ1) is 8.69. The molecule has 2 unspecified atom stereocenters. The van der Waals surface area contributed by atoms with Gasteiger partial charge in [0.2, 0.25) is 0 Å². The van der Waals surface area contributed by atoms with E-state index < -0.39 is 0 Å². The molecule has 0 saturated carbocycles. The monoisotopic (exact) mass is 250 g/mol. The molecule has 1 aromatic heterocycles. The van der Waals surface area contributed by atoms with Gasteiger partial charge in [0.15, 0.2) is 0 Å². The number of rotatable bonds is 5. The van der Waals surface area contributed by atoms with Gasteiger partial charge in [-0.2, -0.15) is 0 Å². The minimum absolute atomic E-state index is 0.322. The maximum absolute atomic E-state index is 6.05. The molecule has 1 aliphatic heterocycles. The molecule has 102 valence electrons. The predicted molar refractivity (Wildman–Crippen MR) is 74.4 cm³/mol. The van der Waals surface area contributed by atoms with Crippen molar-refractivity contribution in [3.05, 3.63) is 18.2 Å². The summed E-state index contributed by atoms with van der Waals surface area (Å²) in [5.41, 5.74) is 7.32. The van der Waals surface area contributed by atoms with Gasteiger partial charge < -0.3 is 10.3 Å². The molecule has 4 nitrogen and oxygen atoms in total. The van der Waals surface area contributed by atoms with Crippen molar-refractivity contribution in [2.45, 2.75) is 58.2 Å². The predicted octanol–water partition coefficient (Wildman–Crippen LogP) is 2.34. The van der Waals surface area contributed by atoms with Crippen LogP contribution in [-0.4, -0.2) is 33.6 Å². The Balaban J connectivity index is 2.24. The van der Waals surface area contributed by atoms with E-state index >= 15 is 0 Å². The second-order valence-corrected chi connectivity index (χ2v) is 5.51. The summed E-state index contributed by atoms with van der Waals surface area (Å²) in [5.74, 6) is 0. The lowest BCUT2D eigenvalue weighted by atomic mass is 10.1. The highest BCUT2D eigenvalue weighted by Gasteiger charge is 2.31. The fourth-order valence-electron chi connectivity index (χ4n) is 3.14. The molecular formula is C14H26N4. The highest BCUT2D eigenvalue weighted by Crippen LogP contribution is 2.31. The van der Waals surface area contributed by atoms with E-state index in [1.54, 1.807) is 0 Å². The van der Waals surface area contributed by atoms with Crippen LogP contribution in [0.1, 0.15) is 57.8 Å². The molecular weight excluding hydrogens is 224 g/mol. The number of aromatic nitrogens is 2. The van der Waals surface area contributed by atoms with Crippen molar-refractivity contribution >= 4 is 0 Å². The van der Waals surface area contributed by atoms with Crippen LogP contribution in [0.4, 0.5) is 0 Å². The number of nitrogens with zero attached hydrogens (tertiary/aromatic N) is 3. The van der Waals surface area contributed by atoms with Gasteiger partial charge in [0, 0.05) is 24.8 Å². The van der Waals surface area contributed by atoms with E-state index in [2.05, 4.69) is 35.2 Å². The lowest BCUT2D eigenvalue weighted by Gasteiger charge is -2.33. The summed E-state index contributed by atoms with van der Waals surface area (Å²) in [6.45, 7) is 8.51. The number of likely N-dealkylation sites (tertiary alicyclic amines) is 1. The summed E-state index contributed by atoms with van der Waals surface area (Å²) in [6.07, 6.45) is 7.74. The van der Waals surface area contributed by atoms with Crippen molar-refractivity contribution in [2.24, 2.45) is 5.73 Å². The fraction of sp³-hybridized carbons (Fsp3) is 0.786. The average molecular weight is 250 g/mol. The normalized spacial score (nSPS) is 22.8. The average Bonchev–Trinajstić information content (AvgIpc) is 2.98. The highest BCUT2D eigenvalue weighted by molar-refractivity contribution is 5.09. The smallest absolute Gasteiger partial charge is 0.0951 e. The lowest BCUT2D eigenvalue weighted by Crippen LogP contribution is -2.38. The first-order valence-electron chi connectivity index (χ1n) is 7.16. The van der Waals surface area contributed by atoms with Crippen LogP contribution in [0.5, 0.6) is 0 Å². The SMILES string of the molecule is CCC1CCCN1C(CN)c1cncn1C(C)C. The van der Waals surface area contributed by atoms with Crippen molar-refractivity contribution in [1.29, 1.82) is 0 Å². The molecule has 1 fully saturated rings. The largest absolute Gasteiger partial charge is 0.331 e. The summed E-state index contributed by atoms with van der Waals surface area (Å²) in [7, 11) is 0. The molecule has 18 heavy (non-hydrogen) atoms. The van der Waals surface area contributed by atoms with E-state index in [-0.39, 0.29) is 0 Å². The molecule has 1 saturated heterocycles. The van der Waals surface area contributed by atoms with Crippen LogP contribution >= 0.6 is 0 Å². The van der Waals surface area contributed by atoms with Crippen LogP contribution < -0.4 is 5.73 Å². The van der Waals surface area contributed by atoms with Gasteiger partial charge in [-0.3, -0.25) is 4.90 Å². The van der Waals surface area contributed by atoms with Gasteiger partial charge in [0.05, 0.1) is 18.1 Å². The molecule has 0 aliphatic carbocycles. The Kier molecular flexibility index (Phi) is 4.40. The molecule has 2 heterocycles. The Labute approximate surface area is 110 Å². The molecule has 1 aromatic rings. The second kappa shape index (κ2) is 5.85. The summed E-state index contributed by atoms with van der Waals surface area (Å²) < 4.78 is 2.25. The third-order valence-electron chi connectivity index (χ3n) is 4.11. The molecule has 0 amide bonds. The van der Waals surface area contributed by atoms with Crippen LogP contribution in [0, 0.1) is 0 Å². The van der Waals surface area contributed by atoms with E-state index in [9.17, 15) is 0 Å². The van der Waals surface area contributed by atoms with Crippen LogP contribution in [0.3, 0.4) is 0 Å². The van der Waals surface area contributed by atoms with Crippen molar-refractivity contribution in [3.63, 3.8) is 0 Å². The first kappa shape index (κ1) is 13.6. The van der Waals surface area contributed by atoms with Crippen LogP contribution in [0.15, 0.2) is 12.5 Å². The van der Waals surface area contributed by atoms with E-state index in [0.29, 0.717) is 24.7 Å². The minimum Gasteiger partial charge on any atom is -0.331 e. The Morgan fingerprint density at radius 3 is 2.89 bits per heavy atom. The molecule has 0 aromatic carbocycles. The minimum atomic E-state index is 0.322. The number of hydrogen-bond acceptors (Lipinski definition) is 3. The summed E-state index contributed by atoms with van der Waals surface area (Å²) in [6, 6.07) is 1.45. The molecule has 2 N–H and O–H groups in total. The van der Waals surface area contributed by atoms with E-state index in [1.165, 1.54) is 31.5 Å². The lowest BCUT2D eigenvalue weighted by molar-refractivity contribution is 0.172. The van der Waals surface area contributed by atoms with Gasteiger partial charge in [-0.25, -0.2) is 4.98 Å². The Morgan fingerprint density at radius 1 is 1.50 bits per heavy atom. The summed E-state index contributed by atoms with van der Waals surface area (Å²) in [4.78, 5) is 6.89. The maximum Gasteiger partial charge on any atom is 0.0951 e. The molecule has 0 bridgehead atoms. The molecule has 0 spiro atoms. The zero-order valence-corrected chi connectivity index (χ0v) is 11.8. The topological polar surface area (TPSA) is 47.1 Å². The quantitative estimate of drug-likeness (QED) is 0.872.